The Labute approximate surface area is 159 Å². The molecule has 1 amide bonds. The Morgan fingerprint density at radius 1 is 1.32 bits per heavy atom. The number of hydrogen-bond acceptors (Lipinski definition) is 6. The first-order chi connectivity index (χ1) is 13.4. The highest BCUT2D eigenvalue weighted by Crippen LogP contribution is 2.25. The molecule has 9 heteroatoms. The number of fused-ring (bicyclic) bond motifs is 1. The Hall–Kier alpha value is -3.75. The highest BCUT2D eigenvalue weighted by atomic mass is 16.5. The minimum absolute atomic E-state index is 0.244. The van der Waals surface area contributed by atoms with Gasteiger partial charge in [-0.3, -0.25) is 19.7 Å². The van der Waals surface area contributed by atoms with E-state index in [1.807, 2.05) is 6.92 Å². The van der Waals surface area contributed by atoms with E-state index >= 15 is 0 Å². The molecule has 1 atom stereocenters. The standard InChI is InChI=1S/C19H18N6O3/c1-10-7-15-22-14(8-16(26)25(15)23-10)11(2)21-19(27)17-12(3)28-24-18(17)13-5-4-6-20-9-13/h4-9,11,23H,1-3H3,(H,21,27). The van der Waals surface area contributed by atoms with Crippen LogP contribution in [0.15, 0.2) is 46.0 Å². The summed E-state index contributed by atoms with van der Waals surface area (Å²) < 4.78 is 6.59. The number of carbonyl (C=O) groups excluding carboxylic acids is 1. The van der Waals surface area contributed by atoms with Gasteiger partial charge in [-0.1, -0.05) is 5.16 Å². The summed E-state index contributed by atoms with van der Waals surface area (Å²) in [5.41, 5.74) is 2.96. The molecule has 4 aromatic rings. The van der Waals surface area contributed by atoms with Crippen LogP contribution in [0.5, 0.6) is 0 Å². The monoisotopic (exact) mass is 378 g/mol. The van der Waals surface area contributed by atoms with Crippen LogP contribution in [0.1, 0.15) is 40.5 Å². The van der Waals surface area contributed by atoms with Crippen LogP contribution >= 0.6 is 0 Å². The van der Waals surface area contributed by atoms with Crippen molar-refractivity contribution < 1.29 is 9.32 Å². The number of nitrogens with one attached hydrogen (secondary N) is 2. The molecule has 0 aromatic carbocycles. The van der Waals surface area contributed by atoms with Crippen molar-refractivity contribution in [1.29, 1.82) is 0 Å². The summed E-state index contributed by atoms with van der Waals surface area (Å²) in [6, 6.07) is 6.24. The van der Waals surface area contributed by atoms with Crippen molar-refractivity contribution in [3.63, 3.8) is 0 Å². The summed E-state index contributed by atoms with van der Waals surface area (Å²) in [4.78, 5) is 33.7. The average Bonchev–Trinajstić information content (AvgIpc) is 3.24. The Morgan fingerprint density at radius 2 is 2.14 bits per heavy atom. The maximum atomic E-state index is 12.9. The van der Waals surface area contributed by atoms with Gasteiger partial charge in [0.25, 0.3) is 11.5 Å². The third-order valence-corrected chi connectivity index (χ3v) is 4.41. The summed E-state index contributed by atoms with van der Waals surface area (Å²) in [6.07, 6.45) is 3.25. The van der Waals surface area contributed by atoms with Gasteiger partial charge in [0.15, 0.2) is 5.65 Å². The third-order valence-electron chi connectivity index (χ3n) is 4.41. The van der Waals surface area contributed by atoms with Crippen molar-refractivity contribution in [1.82, 2.24) is 30.1 Å². The number of amides is 1. The summed E-state index contributed by atoms with van der Waals surface area (Å²) in [5, 5.41) is 9.78. The maximum Gasteiger partial charge on any atom is 0.272 e. The molecule has 0 radical (unpaired) electrons. The summed E-state index contributed by atoms with van der Waals surface area (Å²) >= 11 is 0. The van der Waals surface area contributed by atoms with Gasteiger partial charge in [0.2, 0.25) is 0 Å². The van der Waals surface area contributed by atoms with Crippen LogP contribution in [0.25, 0.3) is 16.9 Å². The summed E-state index contributed by atoms with van der Waals surface area (Å²) in [7, 11) is 0. The first kappa shape index (κ1) is 17.7. The largest absolute Gasteiger partial charge is 0.360 e. The fraction of sp³-hybridized carbons (Fsp3) is 0.211. The van der Waals surface area contributed by atoms with E-state index in [2.05, 4.69) is 25.5 Å². The fourth-order valence-electron chi connectivity index (χ4n) is 3.03. The average molecular weight is 378 g/mol. The lowest BCUT2D eigenvalue weighted by atomic mass is 10.1. The molecule has 0 aliphatic rings. The number of nitrogens with zero attached hydrogens (tertiary/aromatic N) is 4. The number of hydrogen-bond donors (Lipinski definition) is 2. The van der Waals surface area contributed by atoms with Crippen LogP contribution in [0, 0.1) is 13.8 Å². The zero-order valence-corrected chi connectivity index (χ0v) is 15.6. The molecular formula is C19H18N6O3. The Kier molecular flexibility index (Phi) is 4.26. The van der Waals surface area contributed by atoms with Crippen LogP contribution in [0.4, 0.5) is 0 Å². The van der Waals surface area contributed by atoms with Crippen molar-refractivity contribution in [3.8, 4) is 11.3 Å². The topological polar surface area (TPSA) is 118 Å². The van der Waals surface area contributed by atoms with E-state index in [0.717, 1.165) is 5.69 Å². The molecule has 142 valence electrons. The van der Waals surface area contributed by atoms with E-state index in [-0.39, 0.29) is 11.5 Å². The molecule has 0 saturated heterocycles. The van der Waals surface area contributed by atoms with Gasteiger partial charge in [0.1, 0.15) is 17.0 Å². The highest BCUT2D eigenvalue weighted by Gasteiger charge is 2.24. The van der Waals surface area contributed by atoms with E-state index in [4.69, 9.17) is 4.52 Å². The van der Waals surface area contributed by atoms with Crippen molar-refractivity contribution in [3.05, 3.63) is 69.7 Å². The number of carbonyl (C=O) groups is 1. The maximum absolute atomic E-state index is 12.9. The van der Waals surface area contributed by atoms with E-state index in [0.29, 0.717) is 33.9 Å². The molecule has 2 N–H and O–H groups in total. The predicted octanol–water partition coefficient (Wildman–Crippen LogP) is 2.18. The summed E-state index contributed by atoms with van der Waals surface area (Å²) in [6.45, 7) is 5.28. The van der Waals surface area contributed by atoms with Gasteiger partial charge in [0, 0.05) is 35.8 Å². The first-order valence-electron chi connectivity index (χ1n) is 8.71. The first-order valence-corrected chi connectivity index (χ1v) is 8.71. The van der Waals surface area contributed by atoms with Crippen molar-refractivity contribution in [2.45, 2.75) is 26.8 Å². The van der Waals surface area contributed by atoms with Gasteiger partial charge >= 0.3 is 0 Å². The molecule has 28 heavy (non-hydrogen) atoms. The molecule has 4 rings (SSSR count). The number of H-pyrrole nitrogens is 1. The molecule has 9 nitrogen and oxygen atoms in total. The summed E-state index contributed by atoms with van der Waals surface area (Å²) in [5.74, 6) is 0.0330. The molecule has 0 saturated carbocycles. The highest BCUT2D eigenvalue weighted by molar-refractivity contribution is 6.00. The molecule has 4 heterocycles. The second kappa shape index (κ2) is 6.76. The van der Waals surface area contributed by atoms with Gasteiger partial charge in [0.05, 0.1) is 11.7 Å². The Morgan fingerprint density at radius 3 is 2.89 bits per heavy atom. The SMILES string of the molecule is Cc1cc2nc(C(C)NC(=O)c3c(-c4cccnc4)noc3C)cc(=O)n2[nH]1. The molecule has 0 spiro atoms. The van der Waals surface area contributed by atoms with Gasteiger partial charge in [-0.05, 0) is 32.9 Å². The molecule has 0 bridgehead atoms. The van der Waals surface area contributed by atoms with Gasteiger partial charge in [-0.2, -0.15) is 0 Å². The normalized spacial score (nSPS) is 12.2. The number of pyridine rings is 1. The van der Waals surface area contributed by atoms with Gasteiger partial charge in [-0.25, -0.2) is 9.50 Å². The van der Waals surface area contributed by atoms with E-state index in [1.54, 1.807) is 44.4 Å². The van der Waals surface area contributed by atoms with E-state index < -0.39 is 6.04 Å². The van der Waals surface area contributed by atoms with E-state index in [9.17, 15) is 9.59 Å². The van der Waals surface area contributed by atoms with Crippen molar-refractivity contribution >= 4 is 11.6 Å². The minimum Gasteiger partial charge on any atom is -0.360 e. The Balaban J connectivity index is 1.64. The molecule has 0 fully saturated rings. The van der Waals surface area contributed by atoms with Crippen molar-refractivity contribution in [2.75, 3.05) is 0 Å². The number of aromatic amines is 1. The quantitative estimate of drug-likeness (QED) is 0.562. The lowest BCUT2D eigenvalue weighted by Gasteiger charge is -2.13. The van der Waals surface area contributed by atoms with Gasteiger partial charge in [-0.15, -0.1) is 0 Å². The molecular weight excluding hydrogens is 360 g/mol. The van der Waals surface area contributed by atoms with E-state index in [1.165, 1.54) is 10.6 Å². The van der Waals surface area contributed by atoms with Crippen LogP contribution in [0.3, 0.4) is 0 Å². The minimum atomic E-state index is -0.489. The Bertz CT molecular complexity index is 1220. The van der Waals surface area contributed by atoms with Crippen LogP contribution in [0.2, 0.25) is 0 Å². The smallest absolute Gasteiger partial charge is 0.272 e. The van der Waals surface area contributed by atoms with Crippen LogP contribution < -0.4 is 10.9 Å². The lowest BCUT2D eigenvalue weighted by molar-refractivity contribution is 0.0938. The predicted molar refractivity (Wildman–Crippen MR) is 101 cm³/mol. The number of aryl methyl sites for hydroxylation is 2. The second-order valence-corrected chi connectivity index (χ2v) is 6.55. The molecule has 0 aliphatic heterocycles. The van der Waals surface area contributed by atoms with Crippen molar-refractivity contribution in [2.24, 2.45) is 0 Å². The fourth-order valence-corrected chi connectivity index (χ4v) is 3.03. The zero-order chi connectivity index (χ0) is 19.8. The lowest BCUT2D eigenvalue weighted by Crippen LogP contribution is -2.29. The number of rotatable bonds is 4. The van der Waals surface area contributed by atoms with Crippen LogP contribution in [-0.2, 0) is 0 Å². The second-order valence-electron chi connectivity index (χ2n) is 6.55. The number of aromatic nitrogens is 5. The van der Waals surface area contributed by atoms with Crippen LogP contribution in [-0.4, -0.2) is 30.6 Å². The third kappa shape index (κ3) is 3.07. The van der Waals surface area contributed by atoms with Gasteiger partial charge < -0.3 is 9.84 Å². The molecule has 0 aliphatic carbocycles. The molecule has 4 aromatic heterocycles. The zero-order valence-electron chi connectivity index (χ0n) is 15.6. The molecule has 1 unspecified atom stereocenters.